The molecule has 0 radical (unpaired) electrons. The number of ketones is 3. The van der Waals surface area contributed by atoms with Crippen LogP contribution in [0, 0.1) is 39.4 Å². The third-order valence-corrected chi connectivity index (χ3v) is 10.2. The normalized spacial score (nSPS) is 51.7. The fourth-order valence-electron chi connectivity index (χ4n) is 7.38. The third kappa shape index (κ3) is 1.59. The van der Waals surface area contributed by atoms with Crippen molar-refractivity contribution in [2.24, 2.45) is 39.4 Å². The average molecular weight is 370 g/mol. The van der Waals surface area contributed by atoms with Crippen LogP contribution in [0.15, 0.2) is 11.3 Å². The first-order valence-electron chi connectivity index (χ1n) is 10.4. The molecule has 4 bridgehead atoms. The molecule has 6 atom stereocenters. The highest BCUT2D eigenvalue weighted by molar-refractivity contribution is 6.15. The Hall–Kier alpha value is -1.45. The van der Waals surface area contributed by atoms with E-state index in [0.717, 1.165) is 25.7 Å². The minimum absolute atomic E-state index is 0.0945. The molecule has 4 aliphatic carbocycles. The van der Waals surface area contributed by atoms with Crippen LogP contribution in [0.3, 0.4) is 0 Å². The zero-order valence-electron chi connectivity index (χ0n) is 17.3. The van der Waals surface area contributed by atoms with Crippen LogP contribution in [-0.2, 0) is 19.1 Å². The zero-order chi connectivity index (χ0) is 19.7. The van der Waals surface area contributed by atoms with Gasteiger partial charge in [0.25, 0.3) is 0 Å². The Bertz CT molecular complexity index is 846. The van der Waals surface area contributed by atoms with E-state index in [0.29, 0.717) is 5.57 Å². The summed E-state index contributed by atoms with van der Waals surface area (Å²) >= 11 is 0. The van der Waals surface area contributed by atoms with Crippen molar-refractivity contribution in [3.05, 3.63) is 11.3 Å². The monoisotopic (exact) mass is 370 g/mol. The molecule has 1 saturated heterocycles. The smallest absolute Gasteiger partial charge is 0.238 e. The van der Waals surface area contributed by atoms with Gasteiger partial charge in [0.1, 0.15) is 5.78 Å². The summed E-state index contributed by atoms with van der Waals surface area (Å²) in [7, 11) is 0. The second kappa shape index (κ2) is 4.58. The van der Waals surface area contributed by atoms with Gasteiger partial charge in [0.05, 0.1) is 5.92 Å². The molecule has 0 aromatic rings. The Labute approximate surface area is 161 Å². The van der Waals surface area contributed by atoms with Gasteiger partial charge < -0.3 is 4.74 Å². The van der Waals surface area contributed by atoms with Crippen molar-refractivity contribution >= 4 is 17.3 Å². The number of hydrogen-bond acceptors (Lipinski definition) is 4. The van der Waals surface area contributed by atoms with Gasteiger partial charge in [0.15, 0.2) is 17.6 Å². The largest absolute Gasteiger partial charge is 0.477 e. The van der Waals surface area contributed by atoms with E-state index in [4.69, 9.17) is 4.74 Å². The molecule has 4 nitrogen and oxygen atoms in total. The van der Waals surface area contributed by atoms with Crippen LogP contribution < -0.4 is 0 Å². The molecule has 0 amide bonds. The number of ether oxygens (including phenoxy) is 1. The van der Waals surface area contributed by atoms with Gasteiger partial charge in [-0.1, -0.05) is 41.5 Å². The van der Waals surface area contributed by atoms with Crippen LogP contribution in [0.1, 0.15) is 67.2 Å². The Balaban J connectivity index is 1.48. The lowest BCUT2D eigenvalue weighted by atomic mass is 9.70. The van der Waals surface area contributed by atoms with Crippen LogP contribution in [0.4, 0.5) is 0 Å². The van der Waals surface area contributed by atoms with E-state index >= 15 is 0 Å². The third-order valence-electron chi connectivity index (χ3n) is 10.2. The van der Waals surface area contributed by atoms with Crippen LogP contribution in [-0.4, -0.2) is 23.5 Å². The van der Waals surface area contributed by atoms with E-state index in [1.54, 1.807) is 0 Å². The van der Waals surface area contributed by atoms with Crippen molar-refractivity contribution < 1.29 is 19.1 Å². The number of hydrogen-bond donors (Lipinski definition) is 0. The van der Waals surface area contributed by atoms with Crippen LogP contribution in [0.5, 0.6) is 0 Å². The highest BCUT2D eigenvalue weighted by Crippen LogP contribution is 2.69. The van der Waals surface area contributed by atoms with Crippen molar-refractivity contribution in [3.63, 3.8) is 0 Å². The Morgan fingerprint density at radius 1 is 0.852 bits per heavy atom. The van der Waals surface area contributed by atoms with E-state index in [1.165, 1.54) is 0 Å². The van der Waals surface area contributed by atoms with Crippen LogP contribution in [0.2, 0.25) is 0 Å². The summed E-state index contributed by atoms with van der Waals surface area (Å²) in [6.45, 7) is 12.7. The van der Waals surface area contributed by atoms with Crippen molar-refractivity contribution in [2.75, 3.05) is 0 Å². The molecule has 5 rings (SSSR count). The molecule has 1 heterocycles. The second-order valence-corrected chi connectivity index (χ2v) is 11.2. The standard InChI is InChI=1S/C23H30O4/c1-20(2)11-7-9-22(20,5)18(25)13(11)16-15(24)17(27-16)14-12-8-10-23(6,19(14)26)21(12,3)4/h11-13,16H,7-10H2,1-6H3/b17-14+. The van der Waals surface area contributed by atoms with Gasteiger partial charge >= 0.3 is 0 Å². The molecule has 0 aromatic heterocycles. The molecule has 6 unspecified atom stereocenters. The summed E-state index contributed by atoms with van der Waals surface area (Å²) in [6, 6.07) is 0. The highest BCUT2D eigenvalue weighted by Gasteiger charge is 2.71. The quantitative estimate of drug-likeness (QED) is 0.657. The second-order valence-electron chi connectivity index (χ2n) is 11.2. The molecule has 5 aliphatic rings. The molecule has 1 aliphatic heterocycles. The molecule has 0 spiro atoms. The number of fused-ring (bicyclic) bond motifs is 4. The summed E-state index contributed by atoms with van der Waals surface area (Å²) in [4.78, 5) is 39.4. The predicted molar refractivity (Wildman–Crippen MR) is 99.6 cm³/mol. The van der Waals surface area contributed by atoms with E-state index in [-0.39, 0.29) is 57.1 Å². The molecule has 27 heavy (non-hydrogen) atoms. The Morgan fingerprint density at radius 2 is 1.48 bits per heavy atom. The molecule has 5 fully saturated rings. The fraction of sp³-hybridized carbons (Fsp3) is 0.783. The molecule has 4 heteroatoms. The minimum atomic E-state index is -0.672. The lowest BCUT2D eigenvalue weighted by Crippen LogP contribution is -2.50. The van der Waals surface area contributed by atoms with Crippen molar-refractivity contribution in [3.8, 4) is 0 Å². The summed E-state index contributed by atoms with van der Waals surface area (Å²) in [5, 5.41) is 0. The molecule has 146 valence electrons. The number of carbonyl (C=O) groups is 3. The Morgan fingerprint density at radius 3 is 1.96 bits per heavy atom. The number of Topliss-reactive ketones (excluding diaryl/α,β-unsaturated/α-hetero) is 3. The van der Waals surface area contributed by atoms with Gasteiger partial charge in [-0.2, -0.15) is 0 Å². The van der Waals surface area contributed by atoms with Gasteiger partial charge in [-0.05, 0) is 48.3 Å². The van der Waals surface area contributed by atoms with Crippen molar-refractivity contribution in [1.29, 1.82) is 0 Å². The highest BCUT2D eigenvalue weighted by atomic mass is 16.5. The summed E-state index contributed by atoms with van der Waals surface area (Å²) < 4.78 is 6.03. The van der Waals surface area contributed by atoms with Crippen molar-refractivity contribution in [1.82, 2.24) is 0 Å². The lowest BCUT2D eigenvalue weighted by molar-refractivity contribution is -0.156. The molecular formula is C23H30O4. The van der Waals surface area contributed by atoms with E-state index in [2.05, 4.69) is 34.6 Å². The number of carbonyl (C=O) groups excluding carboxylic acids is 3. The lowest BCUT2D eigenvalue weighted by Gasteiger charge is -2.39. The first-order valence-corrected chi connectivity index (χ1v) is 10.4. The number of rotatable bonds is 1. The summed E-state index contributed by atoms with van der Waals surface area (Å²) in [5.41, 5.74) is -0.368. The Kier molecular flexibility index (Phi) is 2.99. The van der Waals surface area contributed by atoms with Gasteiger partial charge in [0, 0.05) is 16.4 Å². The topological polar surface area (TPSA) is 60.4 Å². The zero-order valence-corrected chi connectivity index (χ0v) is 17.3. The molecule has 0 aromatic carbocycles. The summed E-state index contributed by atoms with van der Waals surface area (Å²) in [6.07, 6.45) is 3.03. The maximum atomic E-state index is 13.1. The van der Waals surface area contributed by atoms with Gasteiger partial charge in [-0.25, -0.2) is 0 Å². The SMILES string of the molecule is CC12CCC(/C(=C3\OC(C4C(=O)C5(C)CCC4C5(C)C)C3=O)C1=O)C2(C)C. The number of allylic oxidation sites excluding steroid dienone is 1. The first-order chi connectivity index (χ1) is 12.4. The van der Waals surface area contributed by atoms with E-state index < -0.39 is 11.5 Å². The van der Waals surface area contributed by atoms with Crippen molar-refractivity contribution in [2.45, 2.75) is 73.3 Å². The maximum Gasteiger partial charge on any atom is 0.238 e. The van der Waals surface area contributed by atoms with Crippen LogP contribution in [0.25, 0.3) is 0 Å². The first kappa shape index (κ1) is 17.6. The van der Waals surface area contributed by atoms with Gasteiger partial charge in [-0.15, -0.1) is 0 Å². The molecular weight excluding hydrogens is 340 g/mol. The van der Waals surface area contributed by atoms with Gasteiger partial charge in [-0.3, -0.25) is 14.4 Å². The summed E-state index contributed by atoms with van der Waals surface area (Å²) in [5.74, 6) is 0.420. The average Bonchev–Trinajstić information content (AvgIpc) is 3.07. The molecule has 4 saturated carbocycles. The maximum absolute atomic E-state index is 13.1. The molecule has 0 N–H and O–H groups in total. The van der Waals surface area contributed by atoms with E-state index in [9.17, 15) is 14.4 Å². The van der Waals surface area contributed by atoms with E-state index in [1.807, 2.05) is 6.92 Å². The van der Waals surface area contributed by atoms with Gasteiger partial charge in [0.2, 0.25) is 5.78 Å². The van der Waals surface area contributed by atoms with Crippen LogP contribution >= 0.6 is 0 Å². The fourth-order valence-corrected chi connectivity index (χ4v) is 7.38. The minimum Gasteiger partial charge on any atom is -0.477 e. The predicted octanol–water partition coefficient (Wildman–Crippen LogP) is 3.88.